The lowest BCUT2D eigenvalue weighted by molar-refractivity contribution is 0.0940. The number of nitrogens with one attached hydrogen (secondary N) is 2. The van der Waals surface area contributed by atoms with Crippen molar-refractivity contribution in [3.05, 3.63) is 93.8 Å². The molecule has 34 heavy (non-hydrogen) atoms. The number of halogens is 1. The zero-order valence-corrected chi connectivity index (χ0v) is 18.3. The number of benzene rings is 3. The number of aromatic nitrogens is 2. The lowest BCUT2D eigenvalue weighted by Gasteiger charge is -2.11. The fraction of sp³-hybridized carbons (Fsp3) is 0.160. The van der Waals surface area contributed by atoms with Gasteiger partial charge in [0.2, 0.25) is 0 Å². The lowest BCUT2D eigenvalue weighted by Crippen LogP contribution is -2.27. The van der Waals surface area contributed by atoms with Gasteiger partial charge in [-0.15, -0.1) is 0 Å². The molecule has 0 saturated heterocycles. The quantitative estimate of drug-likeness (QED) is 0.369. The van der Waals surface area contributed by atoms with Gasteiger partial charge in [0.15, 0.2) is 17.4 Å². The number of H-pyrrole nitrogens is 1. The number of methoxy groups -OCH3 is 1. The van der Waals surface area contributed by atoms with Crippen LogP contribution < -0.4 is 20.3 Å². The molecule has 0 bridgehead atoms. The van der Waals surface area contributed by atoms with Gasteiger partial charge < -0.3 is 24.9 Å². The first-order chi connectivity index (χ1) is 16.4. The highest BCUT2D eigenvalue weighted by molar-refractivity contribution is 5.93. The molecule has 0 aliphatic rings. The fourth-order valence-corrected chi connectivity index (χ4v) is 3.37. The molecule has 0 spiro atoms. The van der Waals surface area contributed by atoms with Crippen LogP contribution in [0.3, 0.4) is 0 Å². The second-order valence-corrected chi connectivity index (χ2v) is 7.48. The zero-order valence-electron chi connectivity index (χ0n) is 18.3. The Hall–Kier alpha value is -4.40. The highest BCUT2D eigenvalue weighted by Gasteiger charge is 2.17. The van der Waals surface area contributed by atoms with E-state index in [1.807, 2.05) is 0 Å². The van der Waals surface area contributed by atoms with Crippen molar-refractivity contribution in [2.45, 2.75) is 13.0 Å². The number of amides is 1. The van der Waals surface area contributed by atoms with Gasteiger partial charge in [0.1, 0.15) is 16.9 Å². The molecule has 174 valence electrons. The third kappa shape index (κ3) is 5.15. The summed E-state index contributed by atoms with van der Waals surface area (Å²) in [6.45, 7) is 0.323. The molecule has 4 aromatic rings. The van der Waals surface area contributed by atoms with Crippen LogP contribution in [0.25, 0.3) is 10.9 Å². The second kappa shape index (κ2) is 10.0. The molecule has 1 aromatic heterocycles. The number of phenolic OH excluding ortho intramolecular Hbond substituents is 1. The Morgan fingerprint density at radius 1 is 1.06 bits per heavy atom. The summed E-state index contributed by atoms with van der Waals surface area (Å²) in [6.07, 6.45) is 0.438. The molecule has 3 aromatic carbocycles. The maximum Gasteiger partial charge on any atom is 0.287 e. The van der Waals surface area contributed by atoms with Crippen LogP contribution in [0, 0.1) is 5.82 Å². The largest absolute Gasteiger partial charge is 0.508 e. The van der Waals surface area contributed by atoms with E-state index in [2.05, 4.69) is 15.3 Å². The Balaban J connectivity index is 1.50. The molecule has 0 aliphatic heterocycles. The third-order valence-electron chi connectivity index (χ3n) is 5.18. The van der Waals surface area contributed by atoms with Crippen molar-refractivity contribution < 1.29 is 23.8 Å². The standard InChI is InChI=1S/C25H22FN3O5/c1-33-18-8-4-16(5-9-18)14-27-25(32)23-28-20-11-10-19(26)22(21(20)24(31)29-23)34-13-12-15-2-6-17(30)7-3-15/h2-11,30H,12-14H2,1H3,(H,27,32)(H,28,29,31). The van der Waals surface area contributed by atoms with Gasteiger partial charge in [-0.2, -0.15) is 0 Å². The number of hydrogen-bond donors (Lipinski definition) is 3. The smallest absolute Gasteiger partial charge is 0.287 e. The lowest BCUT2D eigenvalue weighted by atomic mass is 10.1. The van der Waals surface area contributed by atoms with Crippen molar-refractivity contribution in [3.63, 3.8) is 0 Å². The average Bonchev–Trinajstić information content (AvgIpc) is 2.85. The predicted octanol–water partition coefficient (Wildman–Crippen LogP) is 3.33. The topological polar surface area (TPSA) is 114 Å². The molecular weight excluding hydrogens is 441 g/mol. The molecule has 0 fully saturated rings. The minimum Gasteiger partial charge on any atom is -0.508 e. The molecular formula is C25H22FN3O5. The van der Waals surface area contributed by atoms with Crippen LogP contribution in [0.1, 0.15) is 21.7 Å². The molecule has 9 heteroatoms. The minimum absolute atomic E-state index is 0.0718. The van der Waals surface area contributed by atoms with Gasteiger partial charge in [-0.05, 0) is 47.5 Å². The van der Waals surface area contributed by atoms with Gasteiger partial charge in [0, 0.05) is 13.0 Å². The first-order valence-electron chi connectivity index (χ1n) is 10.5. The summed E-state index contributed by atoms with van der Waals surface area (Å²) in [7, 11) is 1.57. The Bertz CT molecular complexity index is 1370. The second-order valence-electron chi connectivity index (χ2n) is 7.48. The van der Waals surface area contributed by atoms with E-state index >= 15 is 0 Å². The van der Waals surface area contributed by atoms with E-state index in [1.54, 1.807) is 55.6 Å². The van der Waals surface area contributed by atoms with E-state index in [4.69, 9.17) is 9.47 Å². The molecule has 0 radical (unpaired) electrons. The van der Waals surface area contributed by atoms with Crippen molar-refractivity contribution in [1.29, 1.82) is 0 Å². The third-order valence-corrected chi connectivity index (χ3v) is 5.18. The molecule has 0 aliphatic carbocycles. The average molecular weight is 463 g/mol. The first kappa shape index (κ1) is 22.8. The summed E-state index contributed by atoms with van der Waals surface area (Å²) in [5.41, 5.74) is 1.17. The highest BCUT2D eigenvalue weighted by Crippen LogP contribution is 2.25. The van der Waals surface area contributed by atoms with Gasteiger partial charge in [-0.1, -0.05) is 24.3 Å². The van der Waals surface area contributed by atoms with Crippen LogP contribution in [0.15, 0.2) is 65.5 Å². The van der Waals surface area contributed by atoms with E-state index in [0.717, 1.165) is 17.2 Å². The van der Waals surface area contributed by atoms with Crippen molar-refractivity contribution in [3.8, 4) is 17.2 Å². The number of carbonyl (C=O) groups is 1. The molecule has 1 amide bonds. The monoisotopic (exact) mass is 463 g/mol. The SMILES string of the molecule is COc1ccc(CNC(=O)c2nc3ccc(F)c(OCCc4ccc(O)cc4)c3c(=O)[nH]2)cc1. The van der Waals surface area contributed by atoms with Crippen molar-refractivity contribution in [1.82, 2.24) is 15.3 Å². The van der Waals surface area contributed by atoms with Crippen LogP contribution >= 0.6 is 0 Å². The van der Waals surface area contributed by atoms with Crippen LogP contribution in [-0.2, 0) is 13.0 Å². The van der Waals surface area contributed by atoms with Gasteiger partial charge in [-0.3, -0.25) is 9.59 Å². The van der Waals surface area contributed by atoms with E-state index in [9.17, 15) is 19.1 Å². The molecule has 8 nitrogen and oxygen atoms in total. The number of nitrogens with zero attached hydrogens (tertiary/aromatic N) is 1. The summed E-state index contributed by atoms with van der Waals surface area (Å²) in [4.78, 5) is 31.9. The van der Waals surface area contributed by atoms with E-state index in [1.165, 1.54) is 6.07 Å². The maximum absolute atomic E-state index is 14.5. The maximum atomic E-state index is 14.5. The van der Waals surface area contributed by atoms with Gasteiger partial charge >= 0.3 is 0 Å². The molecule has 4 rings (SSSR count). The van der Waals surface area contributed by atoms with Crippen LogP contribution in [0.5, 0.6) is 17.2 Å². The van der Waals surface area contributed by atoms with Gasteiger partial charge in [0.05, 0.1) is 19.2 Å². The van der Waals surface area contributed by atoms with Crippen LogP contribution in [-0.4, -0.2) is 34.7 Å². The van der Waals surface area contributed by atoms with Crippen LogP contribution in [0.2, 0.25) is 0 Å². The molecule has 0 saturated carbocycles. The molecule has 0 atom stereocenters. The van der Waals surface area contributed by atoms with Crippen molar-refractivity contribution in [2.75, 3.05) is 13.7 Å². The Kier molecular flexibility index (Phi) is 6.72. The van der Waals surface area contributed by atoms with Crippen molar-refractivity contribution in [2.24, 2.45) is 0 Å². The number of phenols is 1. The van der Waals surface area contributed by atoms with Crippen molar-refractivity contribution >= 4 is 16.8 Å². The Morgan fingerprint density at radius 2 is 1.76 bits per heavy atom. The number of aromatic hydroxyl groups is 1. The van der Waals surface area contributed by atoms with Gasteiger partial charge in [0.25, 0.3) is 11.5 Å². The van der Waals surface area contributed by atoms with Crippen LogP contribution in [0.4, 0.5) is 4.39 Å². The summed E-state index contributed by atoms with van der Waals surface area (Å²) >= 11 is 0. The minimum atomic E-state index is -0.706. The number of rotatable bonds is 8. The first-order valence-corrected chi connectivity index (χ1v) is 10.5. The fourth-order valence-electron chi connectivity index (χ4n) is 3.37. The van der Waals surface area contributed by atoms with Gasteiger partial charge in [-0.25, -0.2) is 9.37 Å². The zero-order chi connectivity index (χ0) is 24.1. The number of ether oxygens (including phenoxy) is 2. The summed E-state index contributed by atoms with van der Waals surface area (Å²) < 4.78 is 25.2. The number of carbonyl (C=O) groups excluding carboxylic acids is 1. The summed E-state index contributed by atoms with van der Waals surface area (Å²) in [5.74, 6) is -0.853. The summed E-state index contributed by atoms with van der Waals surface area (Å²) in [6, 6.07) is 16.2. The number of fused-ring (bicyclic) bond motifs is 1. The van der Waals surface area contributed by atoms with E-state index in [0.29, 0.717) is 12.2 Å². The Morgan fingerprint density at radius 3 is 2.47 bits per heavy atom. The molecule has 1 heterocycles. The molecule has 0 unspecified atom stereocenters. The highest BCUT2D eigenvalue weighted by atomic mass is 19.1. The number of hydrogen-bond acceptors (Lipinski definition) is 6. The van der Waals surface area contributed by atoms with E-state index < -0.39 is 17.3 Å². The van der Waals surface area contributed by atoms with E-state index in [-0.39, 0.29) is 41.4 Å². The Labute approximate surface area is 194 Å². The normalized spacial score (nSPS) is 10.8. The number of aromatic amines is 1. The molecule has 3 N–H and O–H groups in total. The summed E-state index contributed by atoms with van der Waals surface area (Å²) in [5, 5.41) is 12.0. The predicted molar refractivity (Wildman–Crippen MR) is 124 cm³/mol.